The summed E-state index contributed by atoms with van der Waals surface area (Å²) in [5.74, 6) is 0.0237. The fourth-order valence-corrected chi connectivity index (χ4v) is 3.51. The molecule has 1 aliphatic heterocycles. The topological polar surface area (TPSA) is 73.0 Å². The van der Waals surface area contributed by atoms with E-state index in [-0.39, 0.29) is 23.9 Å². The SMILES string of the molecule is C[C@@H]1Cc2ccccc2N1C(=O)CCn1cnc2c(cnn2C)c1=O. The van der Waals surface area contributed by atoms with E-state index in [4.69, 9.17) is 0 Å². The Balaban J connectivity index is 1.55. The molecule has 1 aliphatic rings. The van der Waals surface area contributed by atoms with Gasteiger partial charge in [0.05, 0.1) is 12.5 Å². The molecule has 0 fully saturated rings. The third-order valence-corrected chi connectivity index (χ3v) is 4.76. The standard InChI is InChI=1S/C18H19N5O2/c1-12-9-13-5-3-4-6-15(13)23(12)16(24)7-8-22-11-19-17-14(18(22)25)10-20-21(17)2/h3-6,10-12H,7-9H2,1-2H3/t12-/m1/s1. The quantitative estimate of drug-likeness (QED) is 0.726. The highest BCUT2D eigenvalue weighted by Gasteiger charge is 2.30. The van der Waals surface area contributed by atoms with Gasteiger partial charge in [0.1, 0.15) is 5.39 Å². The van der Waals surface area contributed by atoms with Crippen molar-refractivity contribution >= 4 is 22.6 Å². The molecule has 4 rings (SSSR count). The monoisotopic (exact) mass is 337 g/mol. The van der Waals surface area contributed by atoms with Crippen LogP contribution in [0.2, 0.25) is 0 Å². The van der Waals surface area contributed by atoms with E-state index in [2.05, 4.69) is 16.1 Å². The number of nitrogens with zero attached hydrogens (tertiary/aromatic N) is 5. The van der Waals surface area contributed by atoms with Gasteiger partial charge in [-0.3, -0.25) is 18.8 Å². The number of aryl methyl sites for hydroxylation is 2. The Morgan fingerprint density at radius 3 is 2.96 bits per heavy atom. The van der Waals surface area contributed by atoms with Gasteiger partial charge in [-0.05, 0) is 25.0 Å². The Kier molecular flexibility index (Phi) is 3.63. The van der Waals surface area contributed by atoms with Crippen LogP contribution in [0.5, 0.6) is 0 Å². The van der Waals surface area contributed by atoms with Crippen LogP contribution in [0.4, 0.5) is 5.69 Å². The van der Waals surface area contributed by atoms with Crippen LogP contribution in [-0.4, -0.2) is 31.3 Å². The molecule has 0 saturated heterocycles. The Bertz CT molecular complexity index is 1020. The van der Waals surface area contributed by atoms with E-state index in [0.29, 0.717) is 17.6 Å². The fraction of sp³-hybridized carbons (Fsp3) is 0.333. The summed E-state index contributed by atoms with van der Waals surface area (Å²) in [5, 5.41) is 4.53. The molecule has 128 valence electrons. The third kappa shape index (κ3) is 2.52. The zero-order valence-corrected chi connectivity index (χ0v) is 14.2. The van der Waals surface area contributed by atoms with Gasteiger partial charge in [0.15, 0.2) is 5.65 Å². The molecule has 1 amide bonds. The van der Waals surface area contributed by atoms with Crippen molar-refractivity contribution < 1.29 is 4.79 Å². The van der Waals surface area contributed by atoms with Gasteiger partial charge < -0.3 is 4.90 Å². The smallest absolute Gasteiger partial charge is 0.264 e. The predicted octanol–water partition coefficient (Wildman–Crippen LogP) is 1.50. The van der Waals surface area contributed by atoms with Crippen LogP contribution < -0.4 is 10.5 Å². The van der Waals surface area contributed by atoms with Crippen LogP contribution >= 0.6 is 0 Å². The molecule has 1 atom stereocenters. The number of anilines is 1. The van der Waals surface area contributed by atoms with Crippen LogP contribution in [0, 0.1) is 0 Å². The molecule has 0 spiro atoms. The van der Waals surface area contributed by atoms with Crippen LogP contribution in [0.15, 0.2) is 41.6 Å². The van der Waals surface area contributed by atoms with E-state index in [9.17, 15) is 9.59 Å². The molecular formula is C18H19N5O2. The molecule has 3 heterocycles. The average Bonchev–Trinajstić information content (AvgIpc) is 3.14. The zero-order chi connectivity index (χ0) is 17.6. The van der Waals surface area contributed by atoms with Gasteiger partial charge >= 0.3 is 0 Å². The molecule has 0 saturated carbocycles. The number of para-hydroxylation sites is 1. The van der Waals surface area contributed by atoms with Crippen molar-refractivity contribution in [3.63, 3.8) is 0 Å². The number of hydrogen-bond donors (Lipinski definition) is 0. The normalized spacial score (nSPS) is 16.4. The maximum absolute atomic E-state index is 12.7. The highest BCUT2D eigenvalue weighted by atomic mass is 16.2. The number of carbonyl (C=O) groups is 1. The summed E-state index contributed by atoms with van der Waals surface area (Å²) in [5.41, 5.74) is 2.56. The number of hydrogen-bond acceptors (Lipinski definition) is 4. The van der Waals surface area contributed by atoms with E-state index in [1.807, 2.05) is 30.0 Å². The lowest BCUT2D eigenvalue weighted by atomic mass is 10.1. The van der Waals surface area contributed by atoms with Crippen molar-refractivity contribution in [2.45, 2.75) is 32.4 Å². The minimum Gasteiger partial charge on any atom is -0.309 e. The van der Waals surface area contributed by atoms with Gasteiger partial charge in [-0.15, -0.1) is 0 Å². The van der Waals surface area contributed by atoms with Gasteiger partial charge in [-0.2, -0.15) is 5.10 Å². The van der Waals surface area contributed by atoms with E-state index in [0.717, 1.165) is 12.1 Å². The molecule has 0 aliphatic carbocycles. The first-order valence-electron chi connectivity index (χ1n) is 8.33. The number of benzene rings is 1. The van der Waals surface area contributed by atoms with Crippen molar-refractivity contribution in [2.75, 3.05) is 4.90 Å². The number of aromatic nitrogens is 4. The maximum atomic E-state index is 12.7. The summed E-state index contributed by atoms with van der Waals surface area (Å²) in [6.45, 7) is 2.36. The van der Waals surface area contributed by atoms with Crippen LogP contribution in [0.25, 0.3) is 11.0 Å². The molecule has 3 aromatic rings. The summed E-state index contributed by atoms with van der Waals surface area (Å²) in [6.07, 6.45) is 4.12. The van der Waals surface area contributed by atoms with E-state index in [1.54, 1.807) is 11.7 Å². The third-order valence-electron chi connectivity index (χ3n) is 4.76. The average molecular weight is 337 g/mol. The minimum atomic E-state index is -0.166. The predicted molar refractivity (Wildman–Crippen MR) is 94.5 cm³/mol. The van der Waals surface area contributed by atoms with Crippen molar-refractivity contribution in [3.05, 3.63) is 52.7 Å². The van der Waals surface area contributed by atoms with Crippen LogP contribution in [0.1, 0.15) is 18.9 Å². The van der Waals surface area contributed by atoms with E-state index < -0.39 is 0 Å². The number of fused-ring (bicyclic) bond motifs is 2. The molecule has 25 heavy (non-hydrogen) atoms. The second-order valence-corrected chi connectivity index (χ2v) is 6.44. The van der Waals surface area contributed by atoms with Crippen molar-refractivity contribution in [1.82, 2.24) is 19.3 Å². The maximum Gasteiger partial charge on any atom is 0.264 e. The highest BCUT2D eigenvalue weighted by Crippen LogP contribution is 2.32. The van der Waals surface area contributed by atoms with Gasteiger partial charge in [-0.25, -0.2) is 4.98 Å². The Labute approximate surface area is 144 Å². The van der Waals surface area contributed by atoms with Gasteiger partial charge in [0.25, 0.3) is 5.56 Å². The largest absolute Gasteiger partial charge is 0.309 e. The molecule has 2 aromatic heterocycles. The fourth-order valence-electron chi connectivity index (χ4n) is 3.51. The molecule has 0 N–H and O–H groups in total. The molecule has 0 bridgehead atoms. The van der Waals surface area contributed by atoms with Gasteiger partial charge in [0.2, 0.25) is 5.91 Å². The summed E-state index contributed by atoms with van der Waals surface area (Å²) in [4.78, 5) is 31.3. The molecule has 0 unspecified atom stereocenters. The minimum absolute atomic E-state index is 0.0237. The first-order valence-corrected chi connectivity index (χ1v) is 8.33. The van der Waals surface area contributed by atoms with Crippen LogP contribution in [0.3, 0.4) is 0 Å². The molecule has 1 aromatic carbocycles. The van der Waals surface area contributed by atoms with E-state index in [1.165, 1.54) is 22.7 Å². The Morgan fingerprint density at radius 2 is 2.12 bits per heavy atom. The molecule has 7 heteroatoms. The van der Waals surface area contributed by atoms with E-state index >= 15 is 0 Å². The number of rotatable bonds is 3. The zero-order valence-electron chi connectivity index (χ0n) is 14.2. The summed E-state index contributed by atoms with van der Waals surface area (Å²) >= 11 is 0. The lowest BCUT2D eigenvalue weighted by molar-refractivity contribution is -0.119. The van der Waals surface area contributed by atoms with Crippen LogP contribution in [-0.2, 0) is 24.8 Å². The summed E-state index contributed by atoms with van der Waals surface area (Å²) < 4.78 is 3.05. The molecule has 7 nitrogen and oxygen atoms in total. The number of amides is 1. The lowest BCUT2D eigenvalue weighted by Crippen LogP contribution is -2.36. The lowest BCUT2D eigenvalue weighted by Gasteiger charge is -2.22. The first-order chi connectivity index (χ1) is 12.1. The first kappa shape index (κ1) is 15.6. The highest BCUT2D eigenvalue weighted by molar-refractivity contribution is 5.96. The molecule has 0 radical (unpaired) electrons. The summed E-state index contributed by atoms with van der Waals surface area (Å²) in [7, 11) is 1.74. The molecular weight excluding hydrogens is 318 g/mol. The van der Waals surface area contributed by atoms with Crippen molar-refractivity contribution in [3.8, 4) is 0 Å². The van der Waals surface area contributed by atoms with Gasteiger partial charge in [-0.1, -0.05) is 18.2 Å². The number of carbonyl (C=O) groups excluding carboxylic acids is 1. The Morgan fingerprint density at radius 1 is 1.32 bits per heavy atom. The Hall–Kier alpha value is -2.96. The van der Waals surface area contributed by atoms with Gasteiger partial charge in [0, 0.05) is 31.7 Å². The van der Waals surface area contributed by atoms with Crippen molar-refractivity contribution in [1.29, 1.82) is 0 Å². The second-order valence-electron chi connectivity index (χ2n) is 6.44. The van der Waals surface area contributed by atoms with Crippen molar-refractivity contribution in [2.24, 2.45) is 7.05 Å². The summed E-state index contributed by atoms with van der Waals surface area (Å²) in [6, 6.07) is 8.12. The second kappa shape index (κ2) is 5.84.